The molecule has 0 heterocycles. The van der Waals surface area contributed by atoms with E-state index in [9.17, 15) is 0 Å². The first-order chi connectivity index (χ1) is 10.2. The van der Waals surface area contributed by atoms with E-state index >= 15 is 0 Å². The summed E-state index contributed by atoms with van der Waals surface area (Å²) in [6, 6.07) is 6.90. The molecular weight excluding hydrogens is 262 g/mol. The summed E-state index contributed by atoms with van der Waals surface area (Å²) < 4.78 is 10.8. The summed E-state index contributed by atoms with van der Waals surface area (Å²) in [4.78, 5) is 0. The van der Waals surface area contributed by atoms with Crippen LogP contribution in [0, 0.1) is 0 Å². The van der Waals surface area contributed by atoms with Crippen molar-refractivity contribution in [1.82, 2.24) is 5.32 Å². The van der Waals surface area contributed by atoms with Gasteiger partial charge in [-0.05, 0) is 25.8 Å². The summed E-state index contributed by atoms with van der Waals surface area (Å²) in [5, 5.41) is 3.76. The van der Waals surface area contributed by atoms with Crippen molar-refractivity contribution in [2.75, 3.05) is 14.2 Å². The van der Waals surface area contributed by atoms with Crippen LogP contribution in [0.2, 0.25) is 0 Å². The minimum atomic E-state index is 0.277. The van der Waals surface area contributed by atoms with Crippen molar-refractivity contribution in [3.63, 3.8) is 0 Å². The highest BCUT2D eigenvalue weighted by molar-refractivity contribution is 5.42. The molecule has 3 nitrogen and oxygen atoms in total. The highest BCUT2D eigenvalue weighted by Gasteiger charge is 2.16. The first-order valence-corrected chi connectivity index (χ1v) is 8.14. The van der Waals surface area contributed by atoms with Gasteiger partial charge in [0.15, 0.2) is 0 Å². The van der Waals surface area contributed by atoms with E-state index in [1.807, 2.05) is 12.1 Å². The molecule has 0 aliphatic carbocycles. The highest BCUT2D eigenvalue weighted by Crippen LogP contribution is 2.30. The van der Waals surface area contributed by atoms with Gasteiger partial charge in [0.2, 0.25) is 0 Å². The summed E-state index contributed by atoms with van der Waals surface area (Å²) in [7, 11) is 3.39. The van der Waals surface area contributed by atoms with Crippen molar-refractivity contribution in [1.29, 1.82) is 0 Å². The fraction of sp³-hybridized carbons (Fsp3) is 0.667. The molecule has 0 radical (unpaired) electrons. The third kappa shape index (κ3) is 5.58. The van der Waals surface area contributed by atoms with E-state index < -0.39 is 0 Å². The van der Waals surface area contributed by atoms with Crippen LogP contribution < -0.4 is 14.8 Å². The molecule has 0 saturated heterocycles. The standard InChI is InChI=1S/C18H31NO2/c1-6-8-10-15(9-7-2)19-14(3)17-12-11-16(20-4)13-18(17)21-5/h11-15,19H,6-10H2,1-5H3. The van der Waals surface area contributed by atoms with Crippen molar-refractivity contribution in [3.8, 4) is 11.5 Å². The quantitative estimate of drug-likeness (QED) is 0.677. The number of ether oxygens (including phenoxy) is 2. The SMILES string of the molecule is CCCCC(CCC)NC(C)c1ccc(OC)cc1OC. The zero-order valence-corrected chi connectivity index (χ0v) is 14.2. The molecule has 0 saturated carbocycles. The lowest BCUT2D eigenvalue weighted by Gasteiger charge is -2.24. The fourth-order valence-electron chi connectivity index (χ4n) is 2.73. The van der Waals surface area contributed by atoms with Gasteiger partial charge in [0.1, 0.15) is 11.5 Å². The Labute approximate surface area is 130 Å². The van der Waals surface area contributed by atoms with Gasteiger partial charge >= 0.3 is 0 Å². The second-order valence-electron chi connectivity index (χ2n) is 5.62. The van der Waals surface area contributed by atoms with Gasteiger partial charge in [-0.3, -0.25) is 0 Å². The van der Waals surface area contributed by atoms with Gasteiger partial charge in [0, 0.05) is 23.7 Å². The maximum Gasteiger partial charge on any atom is 0.127 e. The molecule has 0 aliphatic rings. The van der Waals surface area contributed by atoms with E-state index in [-0.39, 0.29) is 6.04 Å². The van der Waals surface area contributed by atoms with E-state index in [2.05, 4.69) is 32.2 Å². The summed E-state index contributed by atoms with van der Waals surface area (Å²) in [6.45, 7) is 6.71. The predicted octanol–water partition coefficient (Wildman–Crippen LogP) is 4.71. The Morgan fingerprint density at radius 2 is 1.81 bits per heavy atom. The van der Waals surface area contributed by atoms with E-state index in [0.717, 1.165) is 11.5 Å². The molecule has 1 aromatic carbocycles. The summed E-state index contributed by atoms with van der Waals surface area (Å²) >= 11 is 0. The third-order valence-corrected chi connectivity index (χ3v) is 3.94. The molecule has 2 unspecified atom stereocenters. The lowest BCUT2D eigenvalue weighted by molar-refractivity contribution is 0.368. The van der Waals surface area contributed by atoms with Crippen molar-refractivity contribution >= 4 is 0 Å². The zero-order chi connectivity index (χ0) is 15.7. The molecule has 0 aromatic heterocycles. The molecule has 0 bridgehead atoms. The van der Waals surface area contributed by atoms with Crippen molar-refractivity contribution in [2.24, 2.45) is 0 Å². The smallest absolute Gasteiger partial charge is 0.127 e. The van der Waals surface area contributed by atoms with Gasteiger partial charge in [-0.1, -0.05) is 39.2 Å². The molecule has 1 N–H and O–H groups in total. The first-order valence-electron chi connectivity index (χ1n) is 8.14. The Bertz CT molecular complexity index is 406. The molecule has 120 valence electrons. The Morgan fingerprint density at radius 1 is 1.05 bits per heavy atom. The van der Waals surface area contributed by atoms with Crippen LogP contribution in [0.5, 0.6) is 11.5 Å². The van der Waals surface area contributed by atoms with Crippen LogP contribution in [0.25, 0.3) is 0 Å². The highest BCUT2D eigenvalue weighted by atomic mass is 16.5. The number of methoxy groups -OCH3 is 2. The Balaban J connectivity index is 2.78. The molecule has 21 heavy (non-hydrogen) atoms. The molecular formula is C18H31NO2. The third-order valence-electron chi connectivity index (χ3n) is 3.94. The molecule has 0 fully saturated rings. The van der Waals surface area contributed by atoms with E-state index in [0.29, 0.717) is 6.04 Å². The van der Waals surface area contributed by atoms with Crippen LogP contribution in [0.15, 0.2) is 18.2 Å². The van der Waals surface area contributed by atoms with Gasteiger partial charge in [-0.25, -0.2) is 0 Å². The van der Waals surface area contributed by atoms with Gasteiger partial charge in [-0.2, -0.15) is 0 Å². The van der Waals surface area contributed by atoms with E-state index in [1.54, 1.807) is 14.2 Å². The maximum atomic E-state index is 5.51. The largest absolute Gasteiger partial charge is 0.497 e. The molecule has 0 amide bonds. The van der Waals surface area contributed by atoms with Crippen LogP contribution in [0.4, 0.5) is 0 Å². The summed E-state index contributed by atoms with van der Waals surface area (Å²) in [6.07, 6.45) is 6.22. The van der Waals surface area contributed by atoms with Crippen LogP contribution >= 0.6 is 0 Å². The van der Waals surface area contributed by atoms with Crippen molar-refractivity contribution < 1.29 is 9.47 Å². The molecule has 2 atom stereocenters. The van der Waals surface area contributed by atoms with Crippen LogP contribution in [-0.4, -0.2) is 20.3 Å². The fourth-order valence-corrected chi connectivity index (χ4v) is 2.73. The second-order valence-corrected chi connectivity index (χ2v) is 5.62. The van der Waals surface area contributed by atoms with Gasteiger partial charge in [0.05, 0.1) is 14.2 Å². The Kier molecular flexibility index (Phi) is 8.21. The maximum absolute atomic E-state index is 5.51. The average Bonchev–Trinajstić information content (AvgIpc) is 2.51. The number of hydrogen-bond acceptors (Lipinski definition) is 3. The Morgan fingerprint density at radius 3 is 2.38 bits per heavy atom. The van der Waals surface area contributed by atoms with Crippen molar-refractivity contribution in [3.05, 3.63) is 23.8 Å². The number of rotatable bonds is 10. The minimum absolute atomic E-state index is 0.277. The lowest BCUT2D eigenvalue weighted by Crippen LogP contribution is -2.31. The molecule has 3 heteroatoms. The van der Waals surface area contributed by atoms with E-state index in [4.69, 9.17) is 9.47 Å². The van der Waals surface area contributed by atoms with Crippen LogP contribution in [0.1, 0.15) is 64.5 Å². The molecule has 0 aliphatic heterocycles. The van der Waals surface area contributed by atoms with E-state index in [1.165, 1.54) is 37.7 Å². The number of hydrogen-bond donors (Lipinski definition) is 1. The monoisotopic (exact) mass is 293 g/mol. The lowest BCUT2D eigenvalue weighted by atomic mass is 10.0. The van der Waals surface area contributed by atoms with Crippen molar-refractivity contribution in [2.45, 2.75) is 65.0 Å². The molecule has 1 aromatic rings. The summed E-state index contributed by atoms with van der Waals surface area (Å²) in [5.41, 5.74) is 1.19. The number of benzene rings is 1. The zero-order valence-electron chi connectivity index (χ0n) is 14.2. The first kappa shape index (κ1) is 17.8. The second kappa shape index (κ2) is 9.67. The van der Waals surface area contributed by atoms with Crippen LogP contribution in [0.3, 0.4) is 0 Å². The molecule has 1 rings (SSSR count). The number of nitrogens with one attached hydrogen (secondary N) is 1. The topological polar surface area (TPSA) is 30.5 Å². The predicted molar refractivity (Wildman–Crippen MR) is 89.3 cm³/mol. The Hall–Kier alpha value is -1.22. The normalized spacial score (nSPS) is 13.8. The molecule has 0 spiro atoms. The minimum Gasteiger partial charge on any atom is -0.497 e. The number of unbranched alkanes of at least 4 members (excludes halogenated alkanes) is 1. The summed E-state index contributed by atoms with van der Waals surface area (Å²) in [5.74, 6) is 1.72. The van der Waals surface area contributed by atoms with Gasteiger partial charge < -0.3 is 14.8 Å². The average molecular weight is 293 g/mol. The van der Waals surface area contributed by atoms with Gasteiger partial charge in [0.25, 0.3) is 0 Å². The van der Waals surface area contributed by atoms with Gasteiger partial charge in [-0.15, -0.1) is 0 Å². The van der Waals surface area contributed by atoms with Crippen LogP contribution in [-0.2, 0) is 0 Å².